The summed E-state index contributed by atoms with van der Waals surface area (Å²) in [4.78, 5) is 29.4. The van der Waals surface area contributed by atoms with Gasteiger partial charge >= 0.3 is 0 Å². The number of carbonyl (C=O) groups excluding carboxylic acids is 2. The van der Waals surface area contributed by atoms with Crippen LogP contribution in [0.2, 0.25) is 0 Å². The highest BCUT2D eigenvalue weighted by atomic mass is 32.2. The molecule has 9 heteroatoms. The van der Waals surface area contributed by atoms with E-state index in [0.29, 0.717) is 23.2 Å². The molecule has 0 aliphatic heterocycles. The van der Waals surface area contributed by atoms with Crippen molar-refractivity contribution < 1.29 is 22.4 Å². The van der Waals surface area contributed by atoms with Crippen molar-refractivity contribution in [2.75, 3.05) is 10.8 Å². The maximum Gasteiger partial charge on any atom is 0.264 e. The van der Waals surface area contributed by atoms with E-state index in [4.69, 9.17) is 0 Å². The smallest absolute Gasteiger partial charge is 0.264 e. The second kappa shape index (κ2) is 14.2. The topological polar surface area (TPSA) is 86.8 Å². The Hall–Kier alpha value is -3.72. The maximum absolute atomic E-state index is 14.3. The molecule has 1 saturated carbocycles. The van der Waals surface area contributed by atoms with E-state index >= 15 is 0 Å². The van der Waals surface area contributed by atoms with Crippen molar-refractivity contribution in [1.29, 1.82) is 0 Å². The number of nitrogens with one attached hydrogen (secondary N) is 1. The molecule has 2 amide bonds. The van der Waals surface area contributed by atoms with Crippen LogP contribution in [0.1, 0.15) is 67.7 Å². The number of sulfonamides is 1. The lowest BCUT2D eigenvalue weighted by Gasteiger charge is -2.34. The standard InChI is InChI=1S/C34H42FN3O4S/c1-5-31(34(40)36-29-9-7-6-8-10-29)37(22-27-14-16-28(35)17-15-27)33(39)23-38(32-20-13-25(3)21-26(32)4)43(41,42)30-18-11-24(2)12-19-30/h11-21,29,31H,5-10,22-23H2,1-4H3,(H,36,40). The largest absolute Gasteiger partial charge is 0.352 e. The van der Waals surface area contributed by atoms with Gasteiger partial charge in [0.15, 0.2) is 0 Å². The van der Waals surface area contributed by atoms with Crippen LogP contribution in [0.5, 0.6) is 0 Å². The predicted octanol–water partition coefficient (Wildman–Crippen LogP) is 6.20. The third kappa shape index (κ3) is 8.02. The summed E-state index contributed by atoms with van der Waals surface area (Å²) in [5.74, 6) is -1.19. The third-order valence-corrected chi connectivity index (χ3v) is 9.89. The molecular formula is C34H42FN3O4S. The van der Waals surface area contributed by atoms with Gasteiger partial charge in [-0.1, -0.05) is 73.7 Å². The van der Waals surface area contributed by atoms with E-state index in [0.717, 1.165) is 47.5 Å². The van der Waals surface area contributed by atoms with E-state index in [2.05, 4.69) is 5.32 Å². The van der Waals surface area contributed by atoms with Gasteiger partial charge in [-0.05, 0) is 81.5 Å². The first-order chi connectivity index (χ1) is 20.5. The predicted molar refractivity (Wildman–Crippen MR) is 168 cm³/mol. The van der Waals surface area contributed by atoms with E-state index in [1.54, 1.807) is 30.3 Å². The van der Waals surface area contributed by atoms with Gasteiger partial charge < -0.3 is 10.2 Å². The fourth-order valence-electron chi connectivity index (χ4n) is 5.69. The van der Waals surface area contributed by atoms with Gasteiger partial charge in [-0.15, -0.1) is 0 Å². The Bertz CT molecular complexity index is 1520. The summed E-state index contributed by atoms with van der Waals surface area (Å²) in [6.07, 6.45) is 5.35. The quantitative estimate of drug-likeness (QED) is 0.281. The molecule has 1 aliphatic rings. The molecule has 3 aromatic carbocycles. The Morgan fingerprint density at radius 2 is 1.53 bits per heavy atom. The molecule has 0 aromatic heterocycles. The SMILES string of the molecule is CCC(C(=O)NC1CCCCC1)N(Cc1ccc(F)cc1)C(=O)CN(c1ccc(C)cc1C)S(=O)(=O)c1ccc(C)cc1. The molecule has 1 aliphatic carbocycles. The molecule has 4 rings (SSSR count). The Morgan fingerprint density at radius 1 is 0.907 bits per heavy atom. The lowest BCUT2D eigenvalue weighted by molar-refractivity contribution is -0.140. The molecule has 0 radical (unpaired) electrons. The number of anilines is 1. The zero-order valence-electron chi connectivity index (χ0n) is 25.5. The van der Waals surface area contributed by atoms with Crippen molar-refractivity contribution >= 4 is 27.5 Å². The van der Waals surface area contributed by atoms with Gasteiger partial charge in [0.2, 0.25) is 11.8 Å². The number of nitrogens with zero attached hydrogens (tertiary/aromatic N) is 2. The molecule has 0 bridgehead atoms. The Kier molecular flexibility index (Phi) is 10.6. The van der Waals surface area contributed by atoms with Crippen molar-refractivity contribution in [2.45, 2.75) is 89.7 Å². The molecular weight excluding hydrogens is 565 g/mol. The highest BCUT2D eigenvalue weighted by Crippen LogP contribution is 2.29. The van der Waals surface area contributed by atoms with E-state index in [9.17, 15) is 22.4 Å². The van der Waals surface area contributed by atoms with Gasteiger partial charge in [0.1, 0.15) is 18.4 Å². The van der Waals surface area contributed by atoms with Crippen LogP contribution >= 0.6 is 0 Å². The average Bonchev–Trinajstić information content (AvgIpc) is 2.98. The summed E-state index contributed by atoms with van der Waals surface area (Å²) < 4.78 is 43.1. The van der Waals surface area contributed by atoms with E-state index in [-0.39, 0.29) is 23.4 Å². The minimum absolute atomic E-state index is 0.0288. The number of hydrogen-bond donors (Lipinski definition) is 1. The van der Waals surface area contributed by atoms with Crippen LogP contribution in [0.25, 0.3) is 0 Å². The van der Waals surface area contributed by atoms with Crippen molar-refractivity contribution in [1.82, 2.24) is 10.2 Å². The number of aryl methyl sites for hydroxylation is 3. The Labute approximate surface area is 255 Å². The minimum Gasteiger partial charge on any atom is -0.352 e. The first-order valence-electron chi connectivity index (χ1n) is 15.0. The summed E-state index contributed by atoms with van der Waals surface area (Å²) in [7, 11) is -4.15. The number of benzene rings is 3. The summed E-state index contributed by atoms with van der Waals surface area (Å²) in [5.41, 5.74) is 3.60. The number of rotatable bonds is 11. The van der Waals surface area contributed by atoms with Crippen molar-refractivity contribution in [2.24, 2.45) is 0 Å². The summed E-state index contributed by atoms with van der Waals surface area (Å²) >= 11 is 0. The first kappa shape index (κ1) is 32.2. The molecule has 1 atom stereocenters. The molecule has 0 saturated heterocycles. The van der Waals surface area contributed by atoms with E-state index in [1.165, 1.54) is 29.2 Å². The fourth-order valence-corrected chi connectivity index (χ4v) is 7.17. The zero-order valence-corrected chi connectivity index (χ0v) is 26.3. The molecule has 1 unspecified atom stereocenters. The third-order valence-electron chi connectivity index (χ3n) is 8.11. The molecule has 3 aromatic rings. The summed E-state index contributed by atoms with van der Waals surface area (Å²) in [6, 6.07) is 16.9. The second-order valence-electron chi connectivity index (χ2n) is 11.5. The lowest BCUT2D eigenvalue weighted by atomic mass is 9.95. The molecule has 7 nitrogen and oxygen atoms in total. The first-order valence-corrected chi connectivity index (χ1v) is 16.4. The number of hydrogen-bond acceptors (Lipinski definition) is 4. The van der Waals surface area contributed by atoms with E-state index < -0.39 is 34.3 Å². The number of halogens is 1. The van der Waals surface area contributed by atoms with Crippen LogP contribution < -0.4 is 9.62 Å². The second-order valence-corrected chi connectivity index (χ2v) is 13.4. The minimum atomic E-state index is -4.15. The summed E-state index contributed by atoms with van der Waals surface area (Å²) in [5, 5.41) is 3.14. The monoisotopic (exact) mass is 607 g/mol. The van der Waals surface area contributed by atoms with Crippen LogP contribution in [-0.2, 0) is 26.2 Å². The van der Waals surface area contributed by atoms with Gasteiger partial charge in [0.25, 0.3) is 10.0 Å². The number of carbonyl (C=O) groups is 2. The summed E-state index contributed by atoms with van der Waals surface area (Å²) in [6.45, 7) is 6.96. The highest BCUT2D eigenvalue weighted by Gasteiger charge is 2.35. The van der Waals surface area contributed by atoms with Crippen molar-refractivity contribution in [3.63, 3.8) is 0 Å². The Morgan fingerprint density at radius 3 is 2.14 bits per heavy atom. The molecule has 1 N–H and O–H groups in total. The van der Waals surface area contributed by atoms with Gasteiger partial charge in [-0.2, -0.15) is 0 Å². The van der Waals surface area contributed by atoms with Crippen molar-refractivity contribution in [3.05, 3.63) is 94.8 Å². The molecule has 0 spiro atoms. The van der Waals surface area contributed by atoms with Crippen LogP contribution in [0.4, 0.5) is 10.1 Å². The van der Waals surface area contributed by atoms with Crippen molar-refractivity contribution in [3.8, 4) is 0 Å². The normalized spacial score (nSPS) is 14.6. The van der Waals surface area contributed by atoms with Gasteiger partial charge in [-0.25, -0.2) is 12.8 Å². The van der Waals surface area contributed by atoms with Crippen LogP contribution in [0.15, 0.2) is 71.6 Å². The van der Waals surface area contributed by atoms with Crippen LogP contribution in [0.3, 0.4) is 0 Å². The maximum atomic E-state index is 14.3. The fraction of sp³-hybridized carbons (Fsp3) is 0.412. The molecule has 230 valence electrons. The zero-order chi connectivity index (χ0) is 31.1. The average molecular weight is 608 g/mol. The van der Waals surface area contributed by atoms with Crippen LogP contribution in [-0.4, -0.2) is 43.8 Å². The Balaban J connectivity index is 1.72. The van der Waals surface area contributed by atoms with Crippen LogP contribution in [0, 0.1) is 26.6 Å². The van der Waals surface area contributed by atoms with Gasteiger partial charge in [0.05, 0.1) is 10.6 Å². The highest BCUT2D eigenvalue weighted by molar-refractivity contribution is 7.92. The molecule has 0 heterocycles. The molecule has 43 heavy (non-hydrogen) atoms. The lowest BCUT2D eigenvalue weighted by Crippen LogP contribution is -2.54. The van der Waals surface area contributed by atoms with Gasteiger partial charge in [0, 0.05) is 12.6 Å². The van der Waals surface area contributed by atoms with Gasteiger partial charge in [-0.3, -0.25) is 13.9 Å². The van der Waals surface area contributed by atoms with E-state index in [1.807, 2.05) is 39.8 Å². The number of amides is 2. The molecule has 1 fully saturated rings.